The third-order valence-corrected chi connectivity index (χ3v) is 4.13. The predicted octanol–water partition coefficient (Wildman–Crippen LogP) is 2.41. The molecule has 1 amide bonds. The Morgan fingerprint density at radius 1 is 1.31 bits per heavy atom. The highest BCUT2D eigenvalue weighted by atomic mass is 19.4. The second-order valence-electron chi connectivity index (χ2n) is 6.18. The van der Waals surface area contributed by atoms with E-state index in [0.29, 0.717) is 5.69 Å². The molecular formula is C15H15F3N8O3. The van der Waals surface area contributed by atoms with E-state index in [1.165, 1.54) is 42.4 Å². The summed E-state index contributed by atoms with van der Waals surface area (Å²) >= 11 is 0. The number of nitro groups is 1. The summed E-state index contributed by atoms with van der Waals surface area (Å²) < 4.78 is 41.6. The van der Waals surface area contributed by atoms with Crippen molar-refractivity contribution in [2.45, 2.75) is 33.6 Å². The van der Waals surface area contributed by atoms with Gasteiger partial charge in [0.1, 0.15) is 18.1 Å². The van der Waals surface area contributed by atoms with E-state index in [0.717, 1.165) is 0 Å². The number of H-pyrrole nitrogens is 1. The summed E-state index contributed by atoms with van der Waals surface area (Å²) in [6.07, 6.45) is -3.33. The second-order valence-corrected chi connectivity index (χ2v) is 6.18. The van der Waals surface area contributed by atoms with Crippen LogP contribution in [0.3, 0.4) is 0 Å². The van der Waals surface area contributed by atoms with E-state index in [9.17, 15) is 28.1 Å². The fraction of sp³-hybridized carbons (Fsp3) is 0.333. The van der Waals surface area contributed by atoms with Gasteiger partial charge in [0, 0.05) is 6.20 Å². The van der Waals surface area contributed by atoms with Crippen molar-refractivity contribution in [3.8, 4) is 0 Å². The van der Waals surface area contributed by atoms with Gasteiger partial charge in [-0.2, -0.15) is 28.5 Å². The van der Waals surface area contributed by atoms with Gasteiger partial charge in [0.05, 0.1) is 16.3 Å². The molecule has 0 atom stereocenters. The third-order valence-electron chi connectivity index (χ3n) is 4.13. The van der Waals surface area contributed by atoms with Crippen LogP contribution in [-0.4, -0.2) is 40.6 Å². The maximum absolute atomic E-state index is 13.0. The SMILES string of the molecule is Cc1nn(Cn2ccc(C(=O)Nc3c(C(F)(F)F)n[nH]c3C)n2)c(C)c1[N+](=O)[O-]. The minimum absolute atomic E-state index is 0.0215. The first-order chi connectivity index (χ1) is 13.5. The number of rotatable bonds is 5. The monoisotopic (exact) mass is 412 g/mol. The number of nitrogens with one attached hydrogen (secondary N) is 2. The normalized spacial score (nSPS) is 11.7. The largest absolute Gasteiger partial charge is 0.437 e. The first-order valence-electron chi connectivity index (χ1n) is 8.14. The zero-order valence-corrected chi connectivity index (χ0v) is 15.4. The standard InChI is InChI=1S/C15H15F3N8O3/c1-7-11(13(21-20-7)15(16,17)18)19-14(27)10-4-5-24(23-10)6-25-9(3)12(26(28)29)8(2)22-25/h4-5H,6H2,1-3H3,(H,19,27)(H,20,21). The van der Waals surface area contributed by atoms with E-state index in [1.54, 1.807) is 0 Å². The van der Waals surface area contributed by atoms with Crippen LogP contribution in [0.2, 0.25) is 0 Å². The van der Waals surface area contributed by atoms with Crippen LogP contribution in [0.1, 0.15) is 33.3 Å². The summed E-state index contributed by atoms with van der Waals surface area (Å²) in [5.41, 5.74) is -1.41. The molecule has 29 heavy (non-hydrogen) atoms. The van der Waals surface area contributed by atoms with Crippen LogP contribution in [0, 0.1) is 30.9 Å². The lowest BCUT2D eigenvalue weighted by atomic mass is 10.2. The molecule has 0 aliphatic carbocycles. The highest BCUT2D eigenvalue weighted by Gasteiger charge is 2.38. The summed E-state index contributed by atoms with van der Waals surface area (Å²) in [5.74, 6) is -0.863. The van der Waals surface area contributed by atoms with E-state index >= 15 is 0 Å². The average molecular weight is 412 g/mol. The number of hydrogen-bond acceptors (Lipinski definition) is 6. The van der Waals surface area contributed by atoms with Crippen LogP contribution in [0.15, 0.2) is 12.3 Å². The van der Waals surface area contributed by atoms with Crippen LogP contribution in [0.25, 0.3) is 0 Å². The number of hydrogen-bond donors (Lipinski definition) is 2. The Morgan fingerprint density at radius 2 is 2.00 bits per heavy atom. The number of anilines is 1. The van der Waals surface area contributed by atoms with Crippen LogP contribution >= 0.6 is 0 Å². The maximum atomic E-state index is 13.0. The summed E-state index contributed by atoms with van der Waals surface area (Å²) in [6.45, 7) is 4.34. The molecule has 0 fully saturated rings. The van der Waals surface area contributed by atoms with Gasteiger partial charge in [-0.15, -0.1) is 0 Å². The van der Waals surface area contributed by atoms with Gasteiger partial charge in [-0.1, -0.05) is 0 Å². The highest BCUT2D eigenvalue weighted by molar-refractivity contribution is 6.03. The van der Waals surface area contributed by atoms with E-state index in [-0.39, 0.29) is 29.4 Å². The maximum Gasteiger partial charge on any atom is 0.437 e. The van der Waals surface area contributed by atoms with Gasteiger partial charge >= 0.3 is 11.9 Å². The van der Waals surface area contributed by atoms with E-state index in [1.807, 2.05) is 0 Å². The molecule has 0 aliphatic rings. The molecule has 0 radical (unpaired) electrons. The third kappa shape index (κ3) is 3.81. The molecular weight excluding hydrogens is 397 g/mol. The minimum atomic E-state index is -4.74. The molecule has 14 heteroatoms. The lowest BCUT2D eigenvalue weighted by molar-refractivity contribution is -0.386. The van der Waals surface area contributed by atoms with Crippen molar-refractivity contribution < 1.29 is 22.9 Å². The molecule has 0 bridgehead atoms. The van der Waals surface area contributed by atoms with Crippen molar-refractivity contribution in [2.75, 3.05) is 5.32 Å². The Kier molecular flexibility index (Phi) is 4.86. The zero-order chi connectivity index (χ0) is 21.5. The van der Waals surface area contributed by atoms with Gasteiger partial charge in [0.2, 0.25) is 0 Å². The molecule has 3 aromatic heterocycles. The van der Waals surface area contributed by atoms with Gasteiger partial charge in [-0.05, 0) is 26.8 Å². The molecule has 3 rings (SSSR count). The molecule has 0 saturated heterocycles. The number of halogens is 3. The molecule has 0 aromatic carbocycles. The number of amides is 1. The molecule has 154 valence electrons. The van der Waals surface area contributed by atoms with Crippen molar-refractivity contribution in [1.82, 2.24) is 29.8 Å². The fourth-order valence-electron chi connectivity index (χ4n) is 2.75. The zero-order valence-electron chi connectivity index (χ0n) is 15.4. The first kappa shape index (κ1) is 20.0. The Hall–Kier alpha value is -3.71. The highest BCUT2D eigenvalue weighted by Crippen LogP contribution is 2.34. The number of alkyl halides is 3. The Labute approximate surface area is 160 Å². The van der Waals surface area contributed by atoms with Crippen molar-refractivity contribution in [1.29, 1.82) is 0 Å². The van der Waals surface area contributed by atoms with Crippen LogP contribution in [-0.2, 0) is 12.8 Å². The number of aryl methyl sites for hydroxylation is 2. The quantitative estimate of drug-likeness (QED) is 0.488. The van der Waals surface area contributed by atoms with E-state index < -0.39 is 28.4 Å². The number of aromatic amines is 1. The molecule has 0 spiro atoms. The summed E-state index contributed by atoms with van der Waals surface area (Å²) in [5, 5.41) is 26.6. The number of carbonyl (C=O) groups is 1. The smallest absolute Gasteiger partial charge is 0.317 e. The van der Waals surface area contributed by atoms with E-state index in [4.69, 9.17) is 0 Å². The van der Waals surface area contributed by atoms with Crippen LogP contribution in [0.4, 0.5) is 24.5 Å². The molecule has 2 N–H and O–H groups in total. The Morgan fingerprint density at radius 3 is 2.59 bits per heavy atom. The first-order valence-corrected chi connectivity index (χ1v) is 8.14. The minimum Gasteiger partial charge on any atom is -0.317 e. The summed E-state index contributed by atoms with van der Waals surface area (Å²) in [7, 11) is 0. The topological polar surface area (TPSA) is 137 Å². The molecule has 0 aliphatic heterocycles. The van der Waals surface area contributed by atoms with Crippen molar-refractivity contribution in [3.05, 3.63) is 50.8 Å². The van der Waals surface area contributed by atoms with Gasteiger partial charge in [-0.25, -0.2) is 4.68 Å². The molecule has 3 heterocycles. The lowest BCUT2D eigenvalue weighted by Crippen LogP contribution is -2.18. The Balaban J connectivity index is 1.79. The number of nitrogens with zero attached hydrogens (tertiary/aromatic N) is 6. The number of aromatic nitrogens is 6. The molecule has 0 unspecified atom stereocenters. The lowest BCUT2D eigenvalue weighted by Gasteiger charge is -2.08. The second kappa shape index (κ2) is 7.03. The fourth-order valence-corrected chi connectivity index (χ4v) is 2.75. The van der Waals surface area contributed by atoms with Crippen LogP contribution < -0.4 is 5.32 Å². The van der Waals surface area contributed by atoms with Gasteiger partial charge < -0.3 is 5.32 Å². The van der Waals surface area contributed by atoms with Crippen molar-refractivity contribution >= 4 is 17.3 Å². The summed E-state index contributed by atoms with van der Waals surface area (Å²) in [4.78, 5) is 22.8. The van der Waals surface area contributed by atoms with E-state index in [2.05, 4.69) is 25.7 Å². The van der Waals surface area contributed by atoms with Crippen molar-refractivity contribution in [2.24, 2.45) is 0 Å². The molecule has 11 nitrogen and oxygen atoms in total. The van der Waals surface area contributed by atoms with Crippen molar-refractivity contribution in [3.63, 3.8) is 0 Å². The van der Waals surface area contributed by atoms with Gasteiger partial charge in [-0.3, -0.25) is 24.7 Å². The van der Waals surface area contributed by atoms with Gasteiger partial charge in [0.15, 0.2) is 11.4 Å². The van der Waals surface area contributed by atoms with Crippen LogP contribution in [0.5, 0.6) is 0 Å². The molecule has 3 aromatic rings. The Bertz CT molecular complexity index is 1100. The van der Waals surface area contributed by atoms with Gasteiger partial charge in [0.25, 0.3) is 5.91 Å². The summed E-state index contributed by atoms with van der Waals surface area (Å²) in [6, 6.07) is 1.30. The number of carbonyl (C=O) groups excluding carboxylic acids is 1. The molecule has 0 saturated carbocycles. The average Bonchev–Trinajstić information content (AvgIpc) is 3.27. The predicted molar refractivity (Wildman–Crippen MR) is 92.3 cm³/mol.